The minimum atomic E-state index is -5.49. The number of carboxylic acids is 2. The Morgan fingerprint density at radius 3 is 1.88 bits per heavy atom. The van der Waals surface area contributed by atoms with Crippen LogP contribution in [0.4, 0.5) is 24.5 Å². The summed E-state index contributed by atoms with van der Waals surface area (Å²) in [5.41, 5.74) is 6.20. The van der Waals surface area contributed by atoms with Gasteiger partial charge in [-0.2, -0.15) is 21.6 Å². The number of hydrogen-bond acceptors (Lipinski definition) is 13. The molecule has 0 atom stereocenters. The fraction of sp³-hybridized carbons (Fsp3) is 0.125. The average molecular weight is 843 g/mol. The molecule has 6 rings (SSSR count). The highest BCUT2D eigenvalue weighted by Gasteiger charge is 2.46. The van der Waals surface area contributed by atoms with E-state index >= 15 is 0 Å². The zero-order valence-electron chi connectivity index (χ0n) is 26.8. The Morgan fingerprint density at radius 2 is 1.37 bits per heavy atom. The van der Waals surface area contributed by atoms with Crippen LogP contribution in [-0.2, 0) is 10.0 Å². The lowest BCUT2D eigenvalue weighted by molar-refractivity contribution is -0.0429. The van der Waals surface area contributed by atoms with Crippen LogP contribution < -0.4 is 10.5 Å². The van der Waals surface area contributed by atoms with Gasteiger partial charge >= 0.3 is 27.5 Å². The van der Waals surface area contributed by atoms with Crippen molar-refractivity contribution in [2.45, 2.75) is 20.9 Å². The maximum atomic E-state index is 12.4. The molecule has 4 aromatic heterocycles. The highest BCUT2D eigenvalue weighted by Crippen LogP contribution is 2.44. The number of nitrogen functional groups attached to an aromatic ring is 1. The quantitative estimate of drug-likeness (QED) is 0.0764. The monoisotopic (exact) mass is 842 g/mol. The summed E-state index contributed by atoms with van der Waals surface area (Å²) in [6, 6.07) is 14.4. The van der Waals surface area contributed by atoms with E-state index < -0.39 is 27.5 Å². The maximum Gasteiger partial charge on any atom is 0.516 e. The number of thiazole rings is 2. The number of thioether (sulfide) groups is 2. The smallest absolute Gasteiger partial charge is 0.477 e. The second kappa shape index (κ2) is 16.0. The number of halogens is 3. The molecule has 6 aromatic rings. The van der Waals surface area contributed by atoms with E-state index in [-0.39, 0.29) is 10.6 Å². The average Bonchev–Trinajstić information content (AvgIpc) is 3.90. The van der Waals surface area contributed by atoms with E-state index in [1.807, 2.05) is 49.1 Å². The Hall–Kier alpha value is -3.92. The van der Waals surface area contributed by atoms with Gasteiger partial charge in [-0.05, 0) is 55.3 Å². The van der Waals surface area contributed by atoms with E-state index in [9.17, 15) is 41.4 Å². The van der Waals surface area contributed by atoms with E-state index in [0.717, 1.165) is 47.1 Å². The first-order valence-electron chi connectivity index (χ1n) is 14.3. The van der Waals surface area contributed by atoms with E-state index in [0.29, 0.717) is 32.4 Å². The molecule has 0 fully saturated rings. The predicted octanol–water partition coefficient (Wildman–Crippen LogP) is 10.1. The fourth-order valence-electron chi connectivity index (χ4n) is 4.49. The van der Waals surface area contributed by atoms with Crippen molar-refractivity contribution in [2.75, 3.05) is 23.0 Å². The first-order chi connectivity index (χ1) is 24.5. The summed E-state index contributed by atoms with van der Waals surface area (Å²) in [6.07, 6.45) is 3.78. The van der Waals surface area contributed by atoms with E-state index in [1.54, 1.807) is 23.2 Å². The standard InChI is InChI=1S/C16H11F3N2O4S4.C16H14N2O2S3/c1-26-15-10(6-12(28-15)14(22)23)13-20-11(7-27-13)8-2-4-9(5-3-8)21-29(24,25)16(17,18)19;1-8-12(16(21-2)23-13(8)15(19)20)14-18-11(7-22-14)9-3-5-10(17)6-4-9/h2-7,21H,1H3,(H,22,23);3-7H,17H2,1-2H3,(H,19,20). The van der Waals surface area contributed by atoms with Gasteiger partial charge in [0.05, 0.1) is 19.8 Å². The summed E-state index contributed by atoms with van der Waals surface area (Å²) >= 11 is 8.25. The molecular formula is C32H25F3N4O6S7. The zero-order valence-corrected chi connectivity index (χ0v) is 32.6. The summed E-state index contributed by atoms with van der Waals surface area (Å²) in [5, 5.41) is 23.7. The van der Waals surface area contributed by atoms with Crippen LogP contribution >= 0.6 is 68.9 Å². The number of alkyl halides is 3. The van der Waals surface area contributed by atoms with Crippen LogP contribution in [0.3, 0.4) is 0 Å². The molecule has 0 saturated carbocycles. The van der Waals surface area contributed by atoms with Gasteiger partial charge in [-0.3, -0.25) is 4.72 Å². The largest absolute Gasteiger partial charge is 0.516 e. The van der Waals surface area contributed by atoms with Gasteiger partial charge in [-0.15, -0.1) is 68.9 Å². The highest BCUT2D eigenvalue weighted by molar-refractivity contribution is 8.00. The van der Waals surface area contributed by atoms with Crippen molar-refractivity contribution >= 4 is 102 Å². The highest BCUT2D eigenvalue weighted by atomic mass is 32.2. The Labute approximate surface area is 319 Å². The molecule has 0 radical (unpaired) electrons. The summed E-state index contributed by atoms with van der Waals surface area (Å²) in [4.78, 5) is 32.3. The molecule has 0 aliphatic rings. The number of nitrogens with two attached hydrogens (primary N) is 1. The molecule has 0 aliphatic carbocycles. The topological polar surface area (TPSA) is 173 Å². The number of anilines is 2. The Morgan fingerprint density at radius 1 is 0.827 bits per heavy atom. The van der Waals surface area contributed by atoms with Crippen molar-refractivity contribution in [2.24, 2.45) is 0 Å². The van der Waals surface area contributed by atoms with Crippen LogP contribution in [-0.4, -0.2) is 58.6 Å². The molecule has 10 nitrogen and oxygen atoms in total. The number of aromatic nitrogens is 2. The van der Waals surface area contributed by atoms with Gasteiger partial charge in [0.15, 0.2) is 0 Å². The Bertz CT molecular complexity index is 2350. The number of carbonyl (C=O) groups is 2. The van der Waals surface area contributed by atoms with Crippen LogP contribution in [0, 0.1) is 6.92 Å². The number of nitrogens with zero attached hydrogens (tertiary/aromatic N) is 2. The molecule has 52 heavy (non-hydrogen) atoms. The van der Waals surface area contributed by atoms with Crippen molar-refractivity contribution in [3.05, 3.63) is 80.7 Å². The number of hydrogen-bond donors (Lipinski definition) is 4. The van der Waals surface area contributed by atoms with Gasteiger partial charge in [0.2, 0.25) is 0 Å². The summed E-state index contributed by atoms with van der Waals surface area (Å²) < 4.78 is 62.9. The summed E-state index contributed by atoms with van der Waals surface area (Å²) in [7, 11) is -5.49. The Kier molecular flexibility index (Phi) is 12.1. The molecule has 5 N–H and O–H groups in total. The molecule has 20 heteroatoms. The first kappa shape index (κ1) is 39.3. The van der Waals surface area contributed by atoms with E-state index in [2.05, 4.69) is 4.98 Å². The number of carboxylic acid groups (broad SMARTS) is 2. The number of rotatable bonds is 10. The molecule has 272 valence electrons. The van der Waals surface area contributed by atoms with Crippen LogP contribution in [0.15, 0.2) is 73.8 Å². The third kappa shape index (κ3) is 8.64. The van der Waals surface area contributed by atoms with Crippen LogP contribution in [0.25, 0.3) is 43.7 Å². The summed E-state index contributed by atoms with van der Waals surface area (Å²) in [6.45, 7) is 1.85. The summed E-state index contributed by atoms with van der Waals surface area (Å²) in [5.74, 6) is -1.91. The van der Waals surface area contributed by atoms with Crippen molar-refractivity contribution in [3.8, 4) is 43.7 Å². The fourth-order valence-corrected chi connectivity index (χ4v) is 10.7. The number of benzene rings is 2. The van der Waals surface area contributed by atoms with Crippen molar-refractivity contribution in [1.29, 1.82) is 0 Å². The minimum absolute atomic E-state index is 0.197. The van der Waals surface area contributed by atoms with Gasteiger partial charge < -0.3 is 15.9 Å². The van der Waals surface area contributed by atoms with Crippen molar-refractivity contribution in [1.82, 2.24) is 9.97 Å². The SMILES string of the molecule is CSc1sc(C(=O)O)c(C)c1-c1nc(-c2ccc(N)cc2)cs1.CSc1sc(C(=O)O)cc1-c1nc(-c2ccc(NS(=O)(=O)C(F)(F)F)cc2)cs1. The van der Waals surface area contributed by atoms with Crippen molar-refractivity contribution < 1.29 is 41.4 Å². The molecule has 0 bridgehead atoms. The lowest BCUT2D eigenvalue weighted by Gasteiger charge is -2.10. The lowest BCUT2D eigenvalue weighted by atomic mass is 10.1. The van der Waals surface area contributed by atoms with Crippen LogP contribution in [0.5, 0.6) is 0 Å². The van der Waals surface area contributed by atoms with E-state index in [1.165, 1.54) is 74.8 Å². The molecule has 0 saturated heterocycles. The molecule has 0 spiro atoms. The third-order valence-corrected chi connectivity index (χ3v) is 14.5. The number of nitrogens with one attached hydrogen (secondary N) is 1. The number of sulfonamides is 1. The van der Waals surface area contributed by atoms with Gasteiger partial charge in [-0.1, -0.05) is 24.3 Å². The first-order valence-corrected chi connectivity index (χ1v) is 21.6. The molecular weight excluding hydrogens is 818 g/mol. The third-order valence-electron chi connectivity index (χ3n) is 6.98. The number of thiophene rings is 2. The Balaban J connectivity index is 0.000000206. The second-order valence-corrected chi connectivity index (χ2v) is 18.0. The molecule has 0 aliphatic heterocycles. The van der Waals surface area contributed by atoms with Gasteiger partial charge in [-0.25, -0.2) is 19.6 Å². The molecule has 0 amide bonds. The zero-order chi connectivity index (χ0) is 38.0. The maximum absolute atomic E-state index is 12.4. The number of aromatic carboxylic acids is 2. The van der Waals surface area contributed by atoms with Crippen molar-refractivity contribution in [3.63, 3.8) is 0 Å². The van der Waals surface area contributed by atoms with E-state index in [4.69, 9.17) is 10.7 Å². The minimum Gasteiger partial charge on any atom is -0.477 e. The van der Waals surface area contributed by atoms with Gasteiger partial charge in [0.25, 0.3) is 0 Å². The molecule has 2 aromatic carbocycles. The van der Waals surface area contributed by atoms with Crippen LogP contribution in [0.1, 0.15) is 24.9 Å². The second-order valence-electron chi connectivity index (χ2n) is 10.4. The normalized spacial score (nSPS) is 11.6. The molecule has 0 unspecified atom stereocenters. The van der Waals surface area contributed by atoms with Crippen LogP contribution in [0.2, 0.25) is 0 Å². The van der Waals surface area contributed by atoms with Gasteiger partial charge in [0, 0.05) is 44.4 Å². The van der Waals surface area contributed by atoms with Gasteiger partial charge in [0.1, 0.15) is 19.8 Å². The molecule has 4 heterocycles. The lowest BCUT2D eigenvalue weighted by Crippen LogP contribution is -2.29. The predicted molar refractivity (Wildman–Crippen MR) is 207 cm³/mol.